The van der Waals surface area contributed by atoms with Gasteiger partial charge in [-0.05, 0) is 80.6 Å². The van der Waals surface area contributed by atoms with Crippen LogP contribution < -0.4 is 11.3 Å². The Balaban J connectivity index is 1.44. The third-order valence-corrected chi connectivity index (χ3v) is 8.56. The van der Waals surface area contributed by atoms with Crippen molar-refractivity contribution in [3.05, 3.63) is 141 Å². The Kier molecular flexibility index (Phi) is 5.22. The van der Waals surface area contributed by atoms with Gasteiger partial charge >= 0.3 is 11.3 Å². The minimum Gasteiger partial charge on any atom is -0.422 e. The monoisotopic (exact) mass is 544 g/mol. The highest BCUT2D eigenvalue weighted by molar-refractivity contribution is 6.13. The molecule has 0 atom stereocenters. The number of aryl methyl sites for hydroxylation is 2. The smallest absolute Gasteiger partial charge is 0.344 e. The first-order valence-electron chi connectivity index (χ1n) is 13.9. The molecule has 42 heavy (non-hydrogen) atoms. The molecule has 0 aliphatic rings. The van der Waals surface area contributed by atoms with Crippen LogP contribution in [0.1, 0.15) is 11.1 Å². The van der Waals surface area contributed by atoms with Crippen molar-refractivity contribution >= 4 is 54.3 Å². The van der Waals surface area contributed by atoms with E-state index < -0.39 is 0 Å². The molecule has 0 aliphatic carbocycles. The molecule has 0 unspecified atom stereocenters. The Morgan fingerprint density at radius 2 is 0.810 bits per heavy atom. The van der Waals surface area contributed by atoms with Crippen LogP contribution in [0.15, 0.2) is 128 Å². The first-order valence-corrected chi connectivity index (χ1v) is 13.9. The number of hydrogen-bond donors (Lipinski definition) is 0. The summed E-state index contributed by atoms with van der Waals surface area (Å²) >= 11 is 0. The maximum absolute atomic E-state index is 13.5. The van der Waals surface area contributed by atoms with Crippen molar-refractivity contribution in [3.63, 3.8) is 0 Å². The van der Waals surface area contributed by atoms with Gasteiger partial charge in [-0.3, -0.25) is 0 Å². The van der Waals surface area contributed by atoms with Crippen LogP contribution in [-0.4, -0.2) is 0 Å². The minimum atomic E-state index is -0.388. The molecule has 0 radical (unpaired) electrons. The molecule has 0 aliphatic heterocycles. The third-order valence-electron chi connectivity index (χ3n) is 8.56. The van der Waals surface area contributed by atoms with Crippen LogP contribution in [0.25, 0.3) is 76.5 Å². The van der Waals surface area contributed by atoms with Crippen molar-refractivity contribution in [2.75, 3.05) is 0 Å². The van der Waals surface area contributed by atoms with Crippen molar-refractivity contribution in [2.45, 2.75) is 13.8 Å². The molecule has 2 heterocycles. The van der Waals surface area contributed by atoms with E-state index in [1.54, 1.807) is 0 Å². The number of rotatable bonds is 2. The summed E-state index contributed by atoms with van der Waals surface area (Å²) in [5, 5.41) is 7.81. The summed E-state index contributed by atoms with van der Waals surface area (Å²) in [7, 11) is 0. The van der Waals surface area contributed by atoms with Gasteiger partial charge in [0.15, 0.2) is 0 Å². The van der Waals surface area contributed by atoms with E-state index in [4.69, 9.17) is 8.83 Å². The Morgan fingerprint density at radius 3 is 1.24 bits per heavy atom. The molecule has 0 saturated carbocycles. The van der Waals surface area contributed by atoms with Gasteiger partial charge in [0.05, 0.1) is 11.1 Å². The lowest BCUT2D eigenvalue weighted by Crippen LogP contribution is -2.08. The summed E-state index contributed by atoms with van der Waals surface area (Å²) in [6.07, 6.45) is 0. The van der Waals surface area contributed by atoms with Gasteiger partial charge in [-0.15, -0.1) is 0 Å². The predicted octanol–water partition coefficient (Wildman–Crippen LogP) is 9.31. The van der Waals surface area contributed by atoms with Crippen molar-refractivity contribution in [1.29, 1.82) is 0 Å². The third kappa shape index (κ3) is 3.42. The van der Waals surface area contributed by atoms with Crippen LogP contribution in [0.5, 0.6) is 0 Å². The molecule has 8 rings (SSSR count). The molecule has 6 aromatic carbocycles. The van der Waals surface area contributed by atoms with E-state index in [0.717, 1.165) is 65.3 Å². The average molecular weight is 545 g/mol. The Morgan fingerprint density at radius 1 is 0.429 bits per heavy atom. The minimum absolute atomic E-state index is 0.388. The van der Waals surface area contributed by atoms with Gasteiger partial charge in [0.2, 0.25) is 0 Å². The summed E-state index contributed by atoms with van der Waals surface area (Å²) in [5.74, 6) is 0. The lowest BCUT2D eigenvalue weighted by molar-refractivity contribution is 0.562. The lowest BCUT2D eigenvalue weighted by atomic mass is 9.88. The molecular formula is C38H24O4. The number of fused-ring (bicyclic) bond motifs is 7. The second-order valence-electron chi connectivity index (χ2n) is 10.8. The topological polar surface area (TPSA) is 60.4 Å². The average Bonchev–Trinajstić information content (AvgIpc) is 3.01. The normalized spacial score (nSPS) is 11.8. The van der Waals surface area contributed by atoms with Gasteiger partial charge in [-0.2, -0.15) is 0 Å². The molecule has 8 aromatic rings. The van der Waals surface area contributed by atoms with Gasteiger partial charge in [0.25, 0.3) is 0 Å². The Labute approximate surface area is 240 Å². The summed E-state index contributed by atoms with van der Waals surface area (Å²) in [6, 6.07) is 35.7. The Hall–Kier alpha value is -5.48. The fourth-order valence-electron chi connectivity index (χ4n) is 6.66. The van der Waals surface area contributed by atoms with Crippen molar-refractivity contribution in [2.24, 2.45) is 0 Å². The second kappa shape index (κ2) is 9.02. The molecule has 0 saturated heterocycles. The van der Waals surface area contributed by atoms with Gasteiger partial charge in [-0.1, -0.05) is 97.1 Å². The molecule has 0 bridgehead atoms. The fourth-order valence-corrected chi connectivity index (χ4v) is 6.66. The van der Waals surface area contributed by atoms with Gasteiger partial charge in [0.1, 0.15) is 11.2 Å². The zero-order valence-electron chi connectivity index (χ0n) is 23.0. The van der Waals surface area contributed by atoms with E-state index in [1.807, 2.05) is 98.8 Å². The van der Waals surface area contributed by atoms with E-state index in [2.05, 4.69) is 24.3 Å². The molecule has 0 N–H and O–H groups in total. The highest BCUT2D eigenvalue weighted by Gasteiger charge is 2.21. The molecular weight excluding hydrogens is 520 g/mol. The standard InChI is InChI=1S/C38H24O4/c1-21-33-25-11-5-3-9-23(25)15-19-31(33)41-37(39)35(21)29-17-18-30(28-14-8-7-13-27(28)29)36-22(2)34-26-12-6-4-10-24(26)16-20-32(34)42-38(36)40/h3-20H,1-2H3. The number of benzene rings is 6. The second-order valence-corrected chi connectivity index (χ2v) is 10.8. The van der Waals surface area contributed by atoms with Crippen LogP contribution in [0, 0.1) is 13.8 Å². The SMILES string of the molecule is Cc1c(-c2ccc(-c3c(C)c4c(ccc5ccccc54)oc3=O)c3ccccc23)c(=O)oc2ccc3ccccc3c12. The summed E-state index contributed by atoms with van der Waals surface area (Å²) in [5.41, 5.74) is 4.67. The zero-order chi connectivity index (χ0) is 28.5. The first kappa shape index (κ1) is 24.3. The summed E-state index contributed by atoms with van der Waals surface area (Å²) in [4.78, 5) is 27.1. The highest BCUT2D eigenvalue weighted by atomic mass is 16.4. The summed E-state index contributed by atoms with van der Waals surface area (Å²) in [6.45, 7) is 3.97. The fraction of sp³-hybridized carbons (Fsp3) is 0.0526. The van der Waals surface area contributed by atoms with E-state index in [0.29, 0.717) is 22.3 Å². The quantitative estimate of drug-likeness (QED) is 0.161. The molecule has 200 valence electrons. The maximum atomic E-state index is 13.5. The largest absolute Gasteiger partial charge is 0.422 e. The van der Waals surface area contributed by atoms with E-state index >= 15 is 0 Å². The molecule has 2 aromatic heterocycles. The van der Waals surface area contributed by atoms with Crippen molar-refractivity contribution < 1.29 is 8.83 Å². The number of hydrogen-bond acceptors (Lipinski definition) is 4. The molecule has 0 spiro atoms. The highest BCUT2D eigenvalue weighted by Crippen LogP contribution is 2.40. The van der Waals surface area contributed by atoms with Crippen LogP contribution in [0.2, 0.25) is 0 Å². The first-order chi connectivity index (χ1) is 20.5. The molecule has 0 fully saturated rings. The van der Waals surface area contributed by atoms with Gasteiger partial charge < -0.3 is 8.83 Å². The van der Waals surface area contributed by atoms with E-state index in [1.165, 1.54) is 0 Å². The predicted molar refractivity (Wildman–Crippen MR) is 171 cm³/mol. The molecule has 0 amide bonds. The van der Waals surface area contributed by atoms with Crippen LogP contribution in [0.3, 0.4) is 0 Å². The maximum Gasteiger partial charge on any atom is 0.344 e. The van der Waals surface area contributed by atoms with Crippen LogP contribution in [0.4, 0.5) is 0 Å². The van der Waals surface area contributed by atoms with Gasteiger partial charge in [-0.25, -0.2) is 9.59 Å². The van der Waals surface area contributed by atoms with Crippen LogP contribution in [-0.2, 0) is 0 Å². The zero-order valence-corrected chi connectivity index (χ0v) is 23.0. The van der Waals surface area contributed by atoms with Crippen molar-refractivity contribution in [3.8, 4) is 22.3 Å². The van der Waals surface area contributed by atoms with Crippen LogP contribution >= 0.6 is 0 Å². The molecule has 4 nitrogen and oxygen atoms in total. The molecule has 4 heteroatoms. The lowest BCUT2D eigenvalue weighted by Gasteiger charge is -2.16. The van der Waals surface area contributed by atoms with E-state index in [9.17, 15) is 9.59 Å². The summed E-state index contributed by atoms with van der Waals surface area (Å²) < 4.78 is 11.8. The van der Waals surface area contributed by atoms with Gasteiger partial charge in [0, 0.05) is 10.8 Å². The van der Waals surface area contributed by atoms with Crippen molar-refractivity contribution in [1.82, 2.24) is 0 Å². The Bertz CT molecular complexity index is 2350. The van der Waals surface area contributed by atoms with E-state index in [-0.39, 0.29) is 11.3 Å².